The average Bonchev–Trinajstić information content (AvgIpc) is 2.63. The molecule has 14 heavy (non-hydrogen) atoms. The lowest BCUT2D eigenvalue weighted by Crippen LogP contribution is -2.32. The lowest BCUT2D eigenvalue weighted by molar-refractivity contribution is 0.140. The van der Waals surface area contributed by atoms with Crippen molar-refractivity contribution in [1.29, 1.82) is 0 Å². The first kappa shape index (κ1) is 12.3. The van der Waals surface area contributed by atoms with Gasteiger partial charge < -0.3 is 9.64 Å². The Labute approximate surface area is 92.4 Å². The summed E-state index contributed by atoms with van der Waals surface area (Å²) in [6, 6.07) is 0.800. The minimum Gasteiger partial charge on any atom is -0.383 e. The fourth-order valence-corrected chi connectivity index (χ4v) is 3.26. The Morgan fingerprint density at radius 2 is 2.21 bits per heavy atom. The maximum Gasteiger partial charge on any atom is 0.0589 e. The van der Waals surface area contributed by atoms with Gasteiger partial charge in [-0.2, -0.15) is 11.8 Å². The maximum atomic E-state index is 5.10. The number of thioether (sulfide) groups is 1. The molecule has 0 aliphatic heterocycles. The van der Waals surface area contributed by atoms with E-state index in [9.17, 15) is 0 Å². The van der Waals surface area contributed by atoms with Crippen molar-refractivity contribution < 1.29 is 4.74 Å². The number of ether oxygens (including phenoxy) is 1. The SMILES string of the molecule is CCS[C@H]1CC[C@H](N(C)CCOC)C1. The molecule has 0 saturated heterocycles. The minimum atomic E-state index is 0.800. The summed E-state index contributed by atoms with van der Waals surface area (Å²) < 4.78 is 5.10. The van der Waals surface area contributed by atoms with Crippen molar-refractivity contribution >= 4 is 11.8 Å². The first-order chi connectivity index (χ1) is 6.77. The first-order valence-corrected chi connectivity index (χ1v) is 6.63. The molecule has 0 N–H and O–H groups in total. The summed E-state index contributed by atoms with van der Waals surface area (Å²) in [5.74, 6) is 1.26. The molecule has 1 fully saturated rings. The zero-order valence-corrected chi connectivity index (χ0v) is 10.5. The van der Waals surface area contributed by atoms with Crippen molar-refractivity contribution in [2.75, 3.05) is 33.1 Å². The van der Waals surface area contributed by atoms with E-state index in [-0.39, 0.29) is 0 Å². The third-order valence-corrected chi connectivity index (χ3v) is 4.26. The number of rotatable bonds is 6. The highest BCUT2D eigenvalue weighted by Crippen LogP contribution is 2.31. The second kappa shape index (κ2) is 6.70. The number of likely N-dealkylation sites (N-methyl/N-ethyl adjacent to an activating group) is 1. The molecule has 0 unspecified atom stereocenters. The van der Waals surface area contributed by atoms with Gasteiger partial charge in [-0.1, -0.05) is 6.92 Å². The molecule has 84 valence electrons. The predicted octanol–water partition coefficient (Wildman–Crippen LogP) is 2.24. The van der Waals surface area contributed by atoms with Crippen LogP contribution in [0.1, 0.15) is 26.2 Å². The van der Waals surface area contributed by atoms with Gasteiger partial charge in [-0.05, 0) is 32.1 Å². The van der Waals surface area contributed by atoms with Gasteiger partial charge in [0.15, 0.2) is 0 Å². The Morgan fingerprint density at radius 1 is 1.43 bits per heavy atom. The summed E-state index contributed by atoms with van der Waals surface area (Å²) in [5.41, 5.74) is 0. The van der Waals surface area contributed by atoms with Gasteiger partial charge in [0, 0.05) is 24.9 Å². The Hall–Kier alpha value is 0.270. The second-order valence-electron chi connectivity index (χ2n) is 4.02. The fraction of sp³-hybridized carbons (Fsp3) is 1.00. The van der Waals surface area contributed by atoms with Crippen molar-refractivity contribution in [3.05, 3.63) is 0 Å². The maximum absolute atomic E-state index is 5.10. The molecule has 0 amide bonds. The van der Waals surface area contributed by atoms with Gasteiger partial charge in [-0.15, -0.1) is 0 Å². The standard InChI is InChI=1S/C11H23NOS/c1-4-14-11-6-5-10(9-11)12(2)7-8-13-3/h10-11H,4-9H2,1-3H3/t10-,11-/m0/s1. The topological polar surface area (TPSA) is 12.5 Å². The molecule has 1 saturated carbocycles. The van der Waals surface area contributed by atoms with Crippen LogP contribution in [0.4, 0.5) is 0 Å². The molecule has 0 spiro atoms. The summed E-state index contributed by atoms with van der Waals surface area (Å²) in [6.45, 7) is 4.19. The van der Waals surface area contributed by atoms with Crippen molar-refractivity contribution in [3.63, 3.8) is 0 Å². The van der Waals surface area contributed by atoms with Gasteiger partial charge in [0.1, 0.15) is 0 Å². The summed E-state index contributed by atoms with van der Waals surface area (Å²) >= 11 is 2.13. The van der Waals surface area contributed by atoms with E-state index in [1.807, 2.05) is 0 Å². The highest BCUT2D eigenvalue weighted by atomic mass is 32.2. The van der Waals surface area contributed by atoms with E-state index in [0.717, 1.165) is 24.4 Å². The molecular formula is C11H23NOS. The van der Waals surface area contributed by atoms with Gasteiger partial charge in [-0.3, -0.25) is 0 Å². The first-order valence-electron chi connectivity index (χ1n) is 5.58. The quantitative estimate of drug-likeness (QED) is 0.677. The number of nitrogens with zero attached hydrogens (tertiary/aromatic N) is 1. The summed E-state index contributed by atoms with van der Waals surface area (Å²) in [7, 11) is 4.00. The fourth-order valence-electron chi connectivity index (χ4n) is 2.12. The Morgan fingerprint density at radius 3 is 2.86 bits per heavy atom. The van der Waals surface area contributed by atoms with E-state index < -0.39 is 0 Å². The van der Waals surface area contributed by atoms with Gasteiger partial charge in [0.25, 0.3) is 0 Å². The van der Waals surface area contributed by atoms with Crippen LogP contribution in [0, 0.1) is 0 Å². The number of hydrogen-bond donors (Lipinski definition) is 0. The van der Waals surface area contributed by atoms with E-state index in [0.29, 0.717) is 0 Å². The van der Waals surface area contributed by atoms with E-state index in [4.69, 9.17) is 4.74 Å². The molecule has 1 rings (SSSR count). The van der Waals surface area contributed by atoms with Crippen LogP contribution < -0.4 is 0 Å². The van der Waals surface area contributed by atoms with Crippen LogP contribution in [-0.2, 0) is 4.74 Å². The largest absolute Gasteiger partial charge is 0.383 e. The van der Waals surface area contributed by atoms with E-state index >= 15 is 0 Å². The lowest BCUT2D eigenvalue weighted by Gasteiger charge is -2.23. The van der Waals surface area contributed by atoms with E-state index in [1.165, 1.54) is 25.0 Å². The van der Waals surface area contributed by atoms with Gasteiger partial charge in [0.05, 0.1) is 6.61 Å². The predicted molar refractivity (Wildman–Crippen MR) is 64.1 cm³/mol. The Bertz CT molecular complexity index is 154. The number of methoxy groups -OCH3 is 1. The molecule has 3 heteroatoms. The summed E-state index contributed by atoms with van der Waals surface area (Å²) in [5, 5.41) is 0.912. The molecule has 0 aromatic carbocycles. The lowest BCUT2D eigenvalue weighted by atomic mass is 10.2. The van der Waals surface area contributed by atoms with Crippen LogP contribution in [0.25, 0.3) is 0 Å². The third kappa shape index (κ3) is 3.79. The minimum absolute atomic E-state index is 0.800. The summed E-state index contributed by atoms with van der Waals surface area (Å²) in [6.07, 6.45) is 4.15. The van der Waals surface area contributed by atoms with Gasteiger partial charge in [-0.25, -0.2) is 0 Å². The van der Waals surface area contributed by atoms with Crippen molar-refractivity contribution in [3.8, 4) is 0 Å². The van der Waals surface area contributed by atoms with Crippen LogP contribution in [0.15, 0.2) is 0 Å². The van der Waals surface area contributed by atoms with Crippen molar-refractivity contribution in [2.24, 2.45) is 0 Å². The van der Waals surface area contributed by atoms with Crippen LogP contribution in [-0.4, -0.2) is 49.3 Å². The zero-order chi connectivity index (χ0) is 10.4. The zero-order valence-electron chi connectivity index (χ0n) is 9.66. The second-order valence-corrected chi connectivity index (χ2v) is 5.59. The highest BCUT2D eigenvalue weighted by molar-refractivity contribution is 7.99. The van der Waals surface area contributed by atoms with Crippen LogP contribution in [0.5, 0.6) is 0 Å². The van der Waals surface area contributed by atoms with Gasteiger partial charge in [0.2, 0.25) is 0 Å². The smallest absolute Gasteiger partial charge is 0.0589 e. The van der Waals surface area contributed by atoms with Crippen molar-refractivity contribution in [2.45, 2.75) is 37.5 Å². The molecule has 0 aromatic heterocycles. The summed E-state index contributed by atoms with van der Waals surface area (Å²) in [4.78, 5) is 2.46. The van der Waals surface area contributed by atoms with E-state index in [1.54, 1.807) is 7.11 Å². The molecule has 0 radical (unpaired) electrons. The molecule has 1 aliphatic rings. The molecule has 2 atom stereocenters. The normalized spacial score (nSPS) is 27.4. The highest BCUT2D eigenvalue weighted by Gasteiger charge is 2.26. The molecule has 2 nitrogen and oxygen atoms in total. The van der Waals surface area contributed by atoms with Crippen LogP contribution in [0.3, 0.4) is 0 Å². The van der Waals surface area contributed by atoms with Crippen LogP contribution in [0.2, 0.25) is 0 Å². The molecular weight excluding hydrogens is 194 g/mol. The van der Waals surface area contributed by atoms with E-state index in [2.05, 4.69) is 30.6 Å². The Balaban J connectivity index is 2.19. The average molecular weight is 217 g/mol. The molecule has 0 aromatic rings. The number of hydrogen-bond acceptors (Lipinski definition) is 3. The monoisotopic (exact) mass is 217 g/mol. The van der Waals surface area contributed by atoms with Crippen LogP contribution >= 0.6 is 11.8 Å². The Kier molecular flexibility index (Phi) is 5.90. The molecule has 1 aliphatic carbocycles. The molecule has 0 bridgehead atoms. The molecule has 0 heterocycles. The third-order valence-electron chi connectivity index (χ3n) is 3.03. The van der Waals surface area contributed by atoms with Crippen molar-refractivity contribution in [1.82, 2.24) is 4.90 Å². The van der Waals surface area contributed by atoms with Gasteiger partial charge >= 0.3 is 0 Å².